The van der Waals surface area contributed by atoms with Gasteiger partial charge < -0.3 is 19.5 Å². The maximum Gasteiger partial charge on any atom is 0.318 e. The minimum Gasteiger partial charge on any atom is -0.487 e. The molecule has 1 aromatic carbocycles. The molecule has 3 rings (SSSR count). The standard InChI is InChI=1S/C21H29N3O3/c1-13(2)17-10-15(27-23-17)12-24(6)20(25)22-18-11-21(4,5)26-19-8-7-14(3)9-16(18)19/h7-10,13,18H,11-12H2,1-6H3,(H,22,25)/t18-/m1/s1. The monoisotopic (exact) mass is 371 g/mol. The Morgan fingerprint density at radius 1 is 1.37 bits per heavy atom. The minimum absolute atomic E-state index is 0.0976. The van der Waals surface area contributed by atoms with Gasteiger partial charge in [0.2, 0.25) is 0 Å². The van der Waals surface area contributed by atoms with E-state index in [-0.39, 0.29) is 17.7 Å². The summed E-state index contributed by atoms with van der Waals surface area (Å²) in [5.41, 5.74) is 2.73. The van der Waals surface area contributed by atoms with Crippen molar-refractivity contribution in [3.8, 4) is 5.75 Å². The van der Waals surface area contributed by atoms with Gasteiger partial charge in [-0.15, -0.1) is 0 Å². The van der Waals surface area contributed by atoms with E-state index in [2.05, 4.69) is 30.4 Å². The molecule has 2 aromatic rings. The van der Waals surface area contributed by atoms with E-state index in [4.69, 9.17) is 9.26 Å². The number of carbonyl (C=O) groups is 1. The largest absolute Gasteiger partial charge is 0.487 e. The van der Waals surface area contributed by atoms with E-state index in [9.17, 15) is 4.79 Å². The van der Waals surface area contributed by atoms with Crippen LogP contribution in [0.4, 0.5) is 4.79 Å². The third kappa shape index (κ3) is 4.43. The van der Waals surface area contributed by atoms with Gasteiger partial charge in [0.15, 0.2) is 5.76 Å². The number of carbonyl (C=O) groups excluding carboxylic acids is 1. The number of hydrogen-bond acceptors (Lipinski definition) is 4. The van der Waals surface area contributed by atoms with Gasteiger partial charge >= 0.3 is 6.03 Å². The van der Waals surface area contributed by atoms with Crippen molar-refractivity contribution >= 4 is 6.03 Å². The molecule has 1 aliphatic heterocycles. The summed E-state index contributed by atoms with van der Waals surface area (Å²) in [5.74, 6) is 1.81. The van der Waals surface area contributed by atoms with Crippen molar-refractivity contribution in [3.05, 3.63) is 46.8 Å². The molecular weight excluding hydrogens is 342 g/mol. The average molecular weight is 371 g/mol. The molecule has 146 valence electrons. The van der Waals surface area contributed by atoms with Crippen molar-refractivity contribution in [1.29, 1.82) is 0 Å². The summed E-state index contributed by atoms with van der Waals surface area (Å²) in [6.07, 6.45) is 0.711. The maximum atomic E-state index is 12.8. The maximum absolute atomic E-state index is 12.8. The zero-order valence-electron chi connectivity index (χ0n) is 17.0. The molecule has 0 unspecified atom stereocenters. The number of aryl methyl sites for hydroxylation is 1. The van der Waals surface area contributed by atoms with Crippen LogP contribution in [-0.2, 0) is 6.54 Å². The van der Waals surface area contributed by atoms with Crippen LogP contribution in [0.5, 0.6) is 5.75 Å². The van der Waals surface area contributed by atoms with Crippen molar-refractivity contribution in [2.45, 2.75) is 65.1 Å². The number of amides is 2. The SMILES string of the molecule is Cc1ccc2c(c1)[C@H](NC(=O)N(C)Cc1cc(C(C)C)no1)CC(C)(C)O2. The van der Waals surface area contributed by atoms with Gasteiger partial charge in [0.05, 0.1) is 18.3 Å². The Kier molecular flexibility index (Phi) is 5.18. The molecule has 1 N–H and O–H groups in total. The van der Waals surface area contributed by atoms with E-state index in [1.807, 2.05) is 39.0 Å². The van der Waals surface area contributed by atoms with E-state index in [0.29, 0.717) is 24.6 Å². The Balaban J connectivity index is 1.71. The Labute approximate surface area is 160 Å². The van der Waals surface area contributed by atoms with Gasteiger partial charge in [-0.1, -0.05) is 36.7 Å². The predicted octanol–water partition coefficient (Wildman–Crippen LogP) is 4.55. The summed E-state index contributed by atoms with van der Waals surface area (Å²) < 4.78 is 11.4. The number of nitrogens with zero attached hydrogens (tertiary/aromatic N) is 2. The van der Waals surface area contributed by atoms with Crippen LogP contribution < -0.4 is 10.1 Å². The number of fused-ring (bicyclic) bond motifs is 1. The summed E-state index contributed by atoms with van der Waals surface area (Å²) in [7, 11) is 1.76. The molecule has 0 aliphatic carbocycles. The Hall–Kier alpha value is -2.50. The summed E-state index contributed by atoms with van der Waals surface area (Å²) in [6.45, 7) is 10.6. The van der Waals surface area contributed by atoms with E-state index >= 15 is 0 Å². The first kappa shape index (κ1) is 19.3. The number of rotatable bonds is 4. The molecule has 0 bridgehead atoms. The van der Waals surface area contributed by atoms with Crippen LogP contribution in [0.15, 0.2) is 28.8 Å². The van der Waals surface area contributed by atoms with Crippen LogP contribution in [0, 0.1) is 6.92 Å². The van der Waals surface area contributed by atoms with Crippen LogP contribution >= 0.6 is 0 Å². The fourth-order valence-corrected chi connectivity index (χ4v) is 3.34. The molecule has 0 spiro atoms. The molecule has 6 heteroatoms. The topological polar surface area (TPSA) is 67.6 Å². The van der Waals surface area contributed by atoms with Crippen LogP contribution in [0.1, 0.15) is 68.7 Å². The Bertz CT molecular complexity index is 826. The van der Waals surface area contributed by atoms with E-state index < -0.39 is 0 Å². The summed E-state index contributed by atoms with van der Waals surface area (Å²) in [4.78, 5) is 14.4. The lowest BCUT2D eigenvalue weighted by Gasteiger charge is -2.38. The van der Waals surface area contributed by atoms with Crippen LogP contribution in [0.2, 0.25) is 0 Å². The Morgan fingerprint density at radius 3 is 2.78 bits per heavy atom. The van der Waals surface area contributed by atoms with Gasteiger partial charge in [0.25, 0.3) is 0 Å². The quantitative estimate of drug-likeness (QED) is 0.856. The van der Waals surface area contributed by atoms with E-state index in [1.165, 1.54) is 0 Å². The highest BCUT2D eigenvalue weighted by atomic mass is 16.5. The van der Waals surface area contributed by atoms with Gasteiger partial charge in [-0.3, -0.25) is 0 Å². The molecule has 0 radical (unpaired) electrons. The highest BCUT2D eigenvalue weighted by molar-refractivity contribution is 5.74. The number of hydrogen-bond donors (Lipinski definition) is 1. The minimum atomic E-state index is -0.337. The molecule has 1 aromatic heterocycles. The number of urea groups is 1. The van der Waals surface area contributed by atoms with Crippen LogP contribution in [0.3, 0.4) is 0 Å². The fraction of sp³-hybridized carbons (Fsp3) is 0.524. The molecule has 1 aliphatic rings. The van der Waals surface area contributed by atoms with Gasteiger partial charge in [0, 0.05) is 25.1 Å². The third-order valence-corrected chi connectivity index (χ3v) is 4.83. The Morgan fingerprint density at radius 2 is 2.11 bits per heavy atom. The molecule has 2 heterocycles. The van der Waals surface area contributed by atoms with Crippen molar-refractivity contribution in [2.75, 3.05) is 7.05 Å². The van der Waals surface area contributed by atoms with Gasteiger partial charge in [0.1, 0.15) is 11.4 Å². The van der Waals surface area contributed by atoms with Gasteiger partial charge in [-0.05, 0) is 32.8 Å². The first-order valence-corrected chi connectivity index (χ1v) is 9.41. The fourth-order valence-electron chi connectivity index (χ4n) is 3.34. The molecule has 0 fully saturated rings. The number of benzene rings is 1. The van der Waals surface area contributed by atoms with Gasteiger partial charge in [-0.25, -0.2) is 4.79 Å². The lowest BCUT2D eigenvalue weighted by atomic mass is 9.89. The smallest absolute Gasteiger partial charge is 0.318 e. The number of aromatic nitrogens is 1. The molecular formula is C21H29N3O3. The molecule has 1 atom stereocenters. The number of nitrogens with one attached hydrogen (secondary N) is 1. The highest BCUT2D eigenvalue weighted by Gasteiger charge is 2.35. The van der Waals surface area contributed by atoms with Crippen molar-refractivity contribution in [2.24, 2.45) is 0 Å². The molecule has 0 saturated heterocycles. The first-order chi connectivity index (χ1) is 12.6. The third-order valence-electron chi connectivity index (χ3n) is 4.83. The second kappa shape index (κ2) is 7.25. The molecule has 0 saturated carbocycles. The second-order valence-corrected chi connectivity index (χ2v) is 8.34. The zero-order chi connectivity index (χ0) is 19.8. The normalized spacial score (nSPS) is 18.0. The lowest BCUT2D eigenvalue weighted by molar-refractivity contribution is 0.0665. The summed E-state index contributed by atoms with van der Waals surface area (Å²) >= 11 is 0. The molecule has 6 nitrogen and oxygen atoms in total. The predicted molar refractivity (Wildman–Crippen MR) is 104 cm³/mol. The van der Waals surface area contributed by atoms with Crippen LogP contribution in [0.25, 0.3) is 0 Å². The lowest BCUT2D eigenvalue weighted by Crippen LogP contribution is -2.44. The van der Waals surface area contributed by atoms with Gasteiger partial charge in [-0.2, -0.15) is 0 Å². The van der Waals surface area contributed by atoms with Crippen molar-refractivity contribution < 1.29 is 14.1 Å². The summed E-state index contributed by atoms with van der Waals surface area (Å²) in [5, 5.41) is 7.20. The molecule has 2 amide bonds. The second-order valence-electron chi connectivity index (χ2n) is 8.34. The van der Waals surface area contributed by atoms with E-state index in [0.717, 1.165) is 22.6 Å². The summed E-state index contributed by atoms with van der Waals surface area (Å²) in [6, 6.07) is 7.76. The first-order valence-electron chi connectivity index (χ1n) is 9.41. The van der Waals surface area contributed by atoms with E-state index in [1.54, 1.807) is 11.9 Å². The van der Waals surface area contributed by atoms with Crippen molar-refractivity contribution in [1.82, 2.24) is 15.4 Å². The average Bonchev–Trinajstić information content (AvgIpc) is 3.03. The molecule has 27 heavy (non-hydrogen) atoms. The van der Waals surface area contributed by atoms with Crippen molar-refractivity contribution in [3.63, 3.8) is 0 Å². The number of ether oxygens (including phenoxy) is 1. The van der Waals surface area contributed by atoms with Crippen LogP contribution in [-0.4, -0.2) is 28.7 Å². The highest BCUT2D eigenvalue weighted by Crippen LogP contribution is 2.39. The zero-order valence-corrected chi connectivity index (χ0v) is 17.0.